The topological polar surface area (TPSA) is 32.3 Å². The molecule has 0 aromatic carbocycles. The predicted octanol–water partition coefficient (Wildman–Crippen LogP) is 2.02. The largest absolute Gasteiger partial charge is 0.396 e. The van der Waals surface area contributed by atoms with Crippen LogP contribution in [0, 0.1) is 0 Å². The third kappa shape index (κ3) is 4.20. The third-order valence-corrected chi connectivity index (χ3v) is 4.15. The maximum atomic E-state index is 8.72. The second-order valence-corrected chi connectivity index (χ2v) is 5.43. The van der Waals surface area contributed by atoms with Gasteiger partial charge in [-0.05, 0) is 31.6 Å². The molecule has 0 heterocycles. The van der Waals surface area contributed by atoms with E-state index in [1.807, 2.05) is 0 Å². The lowest BCUT2D eigenvalue weighted by atomic mass is 9.95. The lowest BCUT2D eigenvalue weighted by molar-refractivity contribution is 0.278. The predicted molar refractivity (Wildman–Crippen MR) is 63.9 cm³/mol. The van der Waals surface area contributed by atoms with Crippen molar-refractivity contribution in [2.45, 2.75) is 50.3 Å². The molecule has 0 amide bonds. The number of rotatable bonds is 6. The minimum Gasteiger partial charge on any atom is -0.396 e. The Bertz CT molecular complexity index is 141. The van der Waals surface area contributed by atoms with Gasteiger partial charge in [0.2, 0.25) is 0 Å². The molecule has 14 heavy (non-hydrogen) atoms. The molecule has 1 aliphatic carbocycles. The van der Waals surface area contributed by atoms with Crippen LogP contribution >= 0.6 is 11.8 Å². The van der Waals surface area contributed by atoms with Gasteiger partial charge < -0.3 is 10.4 Å². The molecule has 1 rings (SSSR count). The van der Waals surface area contributed by atoms with Crippen molar-refractivity contribution in [2.24, 2.45) is 0 Å². The zero-order valence-electron chi connectivity index (χ0n) is 9.17. The van der Waals surface area contributed by atoms with Gasteiger partial charge in [-0.2, -0.15) is 11.8 Å². The fourth-order valence-corrected chi connectivity index (χ4v) is 3.34. The summed E-state index contributed by atoms with van der Waals surface area (Å²) in [5.41, 5.74) is 0. The molecular formula is C11H23NOS. The van der Waals surface area contributed by atoms with Gasteiger partial charge in [0.15, 0.2) is 0 Å². The summed E-state index contributed by atoms with van der Waals surface area (Å²) < 4.78 is 0. The van der Waals surface area contributed by atoms with Gasteiger partial charge in [0, 0.05) is 17.9 Å². The van der Waals surface area contributed by atoms with E-state index < -0.39 is 0 Å². The molecule has 1 aliphatic rings. The van der Waals surface area contributed by atoms with E-state index in [0.717, 1.165) is 18.2 Å². The molecule has 0 aromatic heterocycles. The Labute approximate surface area is 91.9 Å². The van der Waals surface area contributed by atoms with Gasteiger partial charge in [-0.3, -0.25) is 0 Å². The van der Waals surface area contributed by atoms with Gasteiger partial charge in [-0.1, -0.05) is 19.8 Å². The first kappa shape index (κ1) is 12.3. The van der Waals surface area contributed by atoms with E-state index in [4.69, 9.17) is 5.11 Å². The van der Waals surface area contributed by atoms with Crippen molar-refractivity contribution < 1.29 is 5.11 Å². The van der Waals surface area contributed by atoms with Crippen LogP contribution in [0.1, 0.15) is 39.0 Å². The summed E-state index contributed by atoms with van der Waals surface area (Å²) in [5.74, 6) is 1.23. The SMILES string of the molecule is CCS[C@H]1CCCC[C@@H]1NCCCO. The molecule has 3 heteroatoms. The highest BCUT2D eigenvalue weighted by Gasteiger charge is 2.23. The Hall–Kier alpha value is 0.270. The second kappa shape index (κ2) is 7.55. The van der Waals surface area contributed by atoms with Crippen LogP contribution in [0.15, 0.2) is 0 Å². The van der Waals surface area contributed by atoms with Crippen LogP contribution in [0.25, 0.3) is 0 Å². The molecule has 2 nitrogen and oxygen atoms in total. The second-order valence-electron chi connectivity index (χ2n) is 3.92. The van der Waals surface area contributed by atoms with Crippen molar-refractivity contribution in [3.8, 4) is 0 Å². The van der Waals surface area contributed by atoms with E-state index in [1.165, 1.54) is 31.4 Å². The van der Waals surface area contributed by atoms with Gasteiger partial charge in [-0.25, -0.2) is 0 Å². The molecule has 0 spiro atoms. The normalized spacial score (nSPS) is 27.9. The zero-order chi connectivity index (χ0) is 10.2. The van der Waals surface area contributed by atoms with Gasteiger partial charge in [-0.15, -0.1) is 0 Å². The van der Waals surface area contributed by atoms with E-state index in [0.29, 0.717) is 12.6 Å². The van der Waals surface area contributed by atoms with Crippen molar-refractivity contribution in [3.05, 3.63) is 0 Å². The minimum absolute atomic E-state index is 0.311. The third-order valence-electron chi connectivity index (χ3n) is 2.82. The van der Waals surface area contributed by atoms with E-state index in [1.54, 1.807) is 0 Å². The molecule has 0 unspecified atom stereocenters. The van der Waals surface area contributed by atoms with Gasteiger partial charge >= 0.3 is 0 Å². The Morgan fingerprint density at radius 1 is 1.36 bits per heavy atom. The molecule has 1 saturated carbocycles. The number of hydrogen-bond acceptors (Lipinski definition) is 3. The lowest BCUT2D eigenvalue weighted by Gasteiger charge is -2.31. The van der Waals surface area contributed by atoms with Crippen molar-refractivity contribution >= 4 is 11.8 Å². The fraction of sp³-hybridized carbons (Fsp3) is 1.00. The Morgan fingerprint density at radius 2 is 2.14 bits per heavy atom. The first-order chi connectivity index (χ1) is 6.88. The van der Waals surface area contributed by atoms with E-state index in [9.17, 15) is 0 Å². The smallest absolute Gasteiger partial charge is 0.0443 e. The maximum absolute atomic E-state index is 8.72. The summed E-state index contributed by atoms with van der Waals surface area (Å²) in [6.07, 6.45) is 6.35. The average Bonchev–Trinajstić information content (AvgIpc) is 2.21. The number of aliphatic hydroxyl groups is 1. The standard InChI is InChI=1S/C11H23NOS/c1-2-14-11-7-4-3-6-10(11)12-8-5-9-13/h10-13H,2-9H2,1H3/t10-,11-/m0/s1. The summed E-state index contributed by atoms with van der Waals surface area (Å²) in [6, 6.07) is 0.695. The Balaban J connectivity index is 2.22. The summed E-state index contributed by atoms with van der Waals surface area (Å²) >= 11 is 2.09. The van der Waals surface area contributed by atoms with Crippen LogP contribution in [0.2, 0.25) is 0 Å². The number of aliphatic hydroxyl groups excluding tert-OH is 1. The van der Waals surface area contributed by atoms with E-state index >= 15 is 0 Å². The molecule has 0 radical (unpaired) electrons. The van der Waals surface area contributed by atoms with Crippen molar-refractivity contribution in [1.82, 2.24) is 5.32 Å². The molecule has 0 aliphatic heterocycles. The van der Waals surface area contributed by atoms with Crippen LogP contribution in [-0.4, -0.2) is 35.3 Å². The first-order valence-corrected chi connectivity index (χ1v) is 6.89. The highest BCUT2D eigenvalue weighted by atomic mass is 32.2. The number of nitrogens with one attached hydrogen (secondary N) is 1. The highest BCUT2D eigenvalue weighted by molar-refractivity contribution is 7.99. The Kier molecular flexibility index (Phi) is 6.65. The van der Waals surface area contributed by atoms with Crippen molar-refractivity contribution in [1.29, 1.82) is 0 Å². The zero-order valence-corrected chi connectivity index (χ0v) is 9.98. The lowest BCUT2D eigenvalue weighted by Crippen LogP contribution is -2.41. The average molecular weight is 217 g/mol. The maximum Gasteiger partial charge on any atom is 0.0443 e. The number of hydrogen-bond donors (Lipinski definition) is 2. The molecule has 84 valence electrons. The van der Waals surface area contributed by atoms with Gasteiger partial charge in [0.25, 0.3) is 0 Å². The quantitative estimate of drug-likeness (QED) is 0.668. The van der Waals surface area contributed by atoms with Gasteiger partial charge in [0.05, 0.1) is 0 Å². The molecule has 0 aromatic rings. The molecular weight excluding hydrogens is 194 g/mol. The first-order valence-electron chi connectivity index (χ1n) is 5.84. The van der Waals surface area contributed by atoms with Gasteiger partial charge in [0.1, 0.15) is 0 Å². The number of thioether (sulfide) groups is 1. The molecule has 0 bridgehead atoms. The van der Waals surface area contributed by atoms with E-state index in [-0.39, 0.29) is 0 Å². The summed E-state index contributed by atoms with van der Waals surface area (Å²) in [5, 5.41) is 13.1. The van der Waals surface area contributed by atoms with Crippen molar-refractivity contribution in [3.63, 3.8) is 0 Å². The fourth-order valence-electron chi connectivity index (χ4n) is 2.11. The van der Waals surface area contributed by atoms with Crippen LogP contribution in [0.4, 0.5) is 0 Å². The van der Waals surface area contributed by atoms with E-state index in [2.05, 4.69) is 24.0 Å². The van der Waals surface area contributed by atoms with Crippen molar-refractivity contribution in [2.75, 3.05) is 18.9 Å². The monoisotopic (exact) mass is 217 g/mol. The van der Waals surface area contributed by atoms with Crippen LogP contribution < -0.4 is 5.32 Å². The molecule has 2 N–H and O–H groups in total. The summed E-state index contributed by atoms with van der Waals surface area (Å²) in [7, 11) is 0. The highest BCUT2D eigenvalue weighted by Crippen LogP contribution is 2.28. The van der Waals surface area contributed by atoms with Crippen LogP contribution in [-0.2, 0) is 0 Å². The molecule has 0 saturated heterocycles. The van der Waals surface area contributed by atoms with Crippen LogP contribution in [0.3, 0.4) is 0 Å². The summed E-state index contributed by atoms with van der Waals surface area (Å²) in [4.78, 5) is 0. The summed E-state index contributed by atoms with van der Waals surface area (Å²) in [6.45, 7) is 3.53. The van der Waals surface area contributed by atoms with Crippen LogP contribution in [0.5, 0.6) is 0 Å². The minimum atomic E-state index is 0.311. The Morgan fingerprint density at radius 3 is 2.86 bits per heavy atom. The molecule has 1 fully saturated rings. The molecule has 2 atom stereocenters.